The van der Waals surface area contributed by atoms with Gasteiger partial charge in [0.2, 0.25) is 15.9 Å². The predicted molar refractivity (Wildman–Crippen MR) is 91.4 cm³/mol. The number of aromatic nitrogens is 2. The summed E-state index contributed by atoms with van der Waals surface area (Å²) in [6.07, 6.45) is 6.68. The van der Waals surface area contributed by atoms with Crippen LogP contribution in [0.4, 0.5) is 0 Å². The Morgan fingerprint density at radius 3 is 2.54 bits per heavy atom. The van der Waals surface area contributed by atoms with Crippen LogP contribution in [0.3, 0.4) is 0 Å². The van der Waals surface area contributed by atoms with Crippen molar-refractivity contribution in [2.24, 2.45) is 7.05 Å². The summed E-state index contributed by atoms with van der Waals surface area (Å²) in [6.45, 7) is 0.469. The van der Waals surface area contributed by atoms with Crippen LogP contribution in [0.25, 0.3) is 6.08 Å². The Morgan fingerprint density at radius 2 is 2.00 bits per heavy atom. The largest absolute Gasteiger partial charge is 0.338 e. The van der Waals surface area contributed by atoms with Crippen molar-refractivity contribution in [2.45, 2.75) is 11.4 Å². The molecule has 0 saturated carbocycles. The minimum Gasteiger partial charge on any atom is -0.338 e. The molecule has 0 aliphatic rings. The van der Waals surface area contributed by atoms with Crippen LogP contribution in [0.1, 0.15) is 11.1 Å². The molecule has 0 radical (unpaired) electrons. The van der Waals surface area contributed by atoms with Crippen molar-refractivity contribution in [1.82, 2.24) is 19.4 Å². The molecule has 2 rings (SSSR count). The highest BCUT2D eigenvalue weighted by Gasteiger charge is 2.10. The Morgan fingerprint density at radius 1 is 1.33 bits per heavy atom. The van der Waals surface area contributed by atoms with Gasteiger partial charge in [0, 0.05) is 38.5 Å². The lowest BCUT2D eigenvalue weighted by molar-refractivity contribution is -0.125. The summed E-state index contributed by atoms with van der Waals surface area (Å²) in [5, 5.41) is 4.06. The monoisotopic (exact) mass is 348 g/mol. The maximum Gasteiger partial charge on any atom is 0.246 e. The number of nitrogens with one attached hydrogen (secondary N) is 1. The maximum absolute atomic E-state index is 12.1. The zero-order valence-corrected chi connectivity index (χ0v) is 14.6. The highest BCUT2D eigenvalue weighted by atomic mass is 32.2. The summed E-state index contributed by atoms with van der Waals surface area (Å²) in [4.78, 5) is 13.9. The lowest BCUT2D eigenvalue weighted by Crippen LogP contribution is -2.23. The summed E-state index contributed by atoms with van der Waals surface area (Å²) in [5.41, 5.74) is 1.69. The quantitative estimate of drug-likeness (QED) is 0.790. The molecule has 1 aromatic carbocycles. The molecule has 0 atom stereocenters. The van der Waals surface area contributed by atoms with Gasteiger partial charge in [-0.3, -0.25) is 9.48 Å². The van der Waals surface area contributed by atoms with Crippen LogP contribution in [-0.4, -0.2) is 43.1 Å². The molecule has 2 aromatic rings. The van der Waals surface area contributed by atoms with E-state index in [1.807, 2.05) is 13.2 Å². The molecular formula is C16H20N4O3S. The first-order chi connectivity index (χ1) is 11.3. The van der Waals surface area contributed by atoms with Crippen LogP contribution in [0, 0.1) is 0 Å². The van der Waals surface area contributed by atoms with Gasteiger partial charge in [-0.1, -0.05) is 12.1 Å². The predicted octanol–water partition coefficient (Wildman–Crippen LogP) is 1.000. The number of aryl methyl sites for hydroxylation is 1. The third kappa shape index (κ3) is 4.53. The molecule has 0 unspecified atom stereocenters. The molecule has 24 heavy (non-hydrogen) atoms. The van der Waals surface area contributed by atoms with E-state index in [1.165, 1.54) is 25.3 Å². The summed E-state index contributed by atoms with van der Waals surface area (Å²) >= 11 is 0. The van der Waals surface area contributed by atoms with Crippen LogP contribution in [0.5, 0.6) is 0 Å². The Bertz CT molecular complexity index is 838. The van der Waals surface area contributed by atoms with Crippen molar-refractivity contribution in [1.29, 1.82) is 0 Å². The Kier molecular flexibility index (Phi) is 5.53. The number of carbonyl (C=O) groups is 1. The first-order valence-corrected chi connectivity index (χ1v) is 8.74. The summed E-state index contributed by atoms with van der Waals surface area (Å²) in [7, 11) is 1.44. The van der Waals surface area contributed by atoms with E-state index in [0.29, 0.717) is 6.54 Å². The molecule has 1 aromatic heterocycles. The first kappa shape index (κ1) is 17.9. The van der Waals surface area contributed by atoms with Gasteiger partial charge in [0.25, 0.3) is 0 Å². The van der Waals surface area contributed by atoms with E-state index in [0.717, 1.165) is 11.1 Å². The lowest BCUT2D eigenvalue weighted by Gasteiger charge is -2.13. The van der Waals surface area contributed by atoms with Crippen molar-refractivity contribution in [2.75, 3.05) is 14.1 Å². The zero-order chi connectivity index (χ0) is 17.7. The number of amides is 1. The topological polar surface area (TPSA) is 84.3 Å². The number of likely N-dealkylation sites (N-methyl/N-ethyl adjacent to an activating group) is 1. The average molecular weight is 348 g/mol. The number of hydrogen-bond acceptors (Lipinski definition) is 4. The van der Waals surface area contributed by atoms with Gasteiger partial charge in [-0.25, -0.2) is 13.1 Å². The van der Waals surface area contributed by atoms with Gasteiger partial charge in [-0.2, -0.15) is 5.10 Å². The van der Waals surface area contributed by atoms with Crippen molar-refractivity contribution in [3.8, 4) is 0 Å². The number of nitrogens with zero attached hydrogens (tertiary/aromatic N) is 3. The van der Waals surface area contributed by atoms with Crippen molar-refractivity contribution in [3.63, 3.8) is 0 Å². The van der Waals surface area contributed by atoms with E-state index < -0.39 is 10.0 Å². The average Bonchev–Trinajstić information content (AvgIpc) is 2.97. The molecule has 0 aliphatic carbocycles. The minimum absolute atomic E-state index is 0.147. The van der Waals surface area contributed by atoms with Crippen LogP contribution in [0.15, 0.2) is 47.6 Å². The second-order valence-corrected chi connectivity index (χ2v) is 7.21. The van der Waals surface area contributed by atoms with E-state index in [-0.39, 0.29) is 10.8 Å². The summed E-state index contributed by atoms with van der Waals surface area (Å²) in [5.74, 6) is -0.147. The molecule has 8 heteroatoms. The highest BCUT2D eigenvalue weighted by molar-refractivity contribution is 7.89. The molecule has 0 saturated heterocycles. The number of sulfonamides is 1. The molecule has 0 aliphatic heterocycles. The van der Waals surface area contributed by atoms with Crippen LogP contribution < -0.4 is 4.72 Å². The molecule has 1 heterocycles. The normalized spacial score (nSPS) is 11.8. The number of hydrogen-bond donors (Lipinski definition) is 1. The standard InChI is InChI=1S/C16H20N4O3S/c1-17-24(22,23)15-7-4-13(5-8-15)6-9-16(21)19(2)11-14-10-18-20(3)12-14/h4-10,12,17H,11H2,1-3H3/b9-6-. The number of benzene rings is 1. The van der Waals surface area contributed by atoms with Crippen molar-refractivity contribution >= 4 is 22.0 Å². The Labute approximate surface area is 141 Å². The SMILES string of the molecule is CNS(=O)(=O)c1ccc(/C=C\C(=O)N(C)Cc2cnn(C)c2)cc1. The van der Waals surface area contributed by atoms with E-state index in [4.69, 9.17) is 0 Å². The van der Waals surface area contributed by atoms with Gasteiger partial charge in [0.15, 0.2) is 0 Å². The van der Waals surface area contributed by atoms with Gasteiger partial charge in [0.1, 0.15) is 0 Å². The van der Waals surface area contributed by atoms with Crippen molar-refractivity contribution < 1.29 is 13.2 Å². The van der Waals surface area contributed by atoms with Crippen LogP contribution >= 0.6 is 0 Å². The molecule has 0 bridgehead atoms. The van der Waals surface area contributed by atoms with E-state index in [1.54, 1.807) is 41.0 Å². The minimum atomic E-state index is -3.45. The van der Waals surface area contributed by atoms with Crippen molar-refractivity contribution in [3.05, 3.63) is 53.9 Å². The van der Waals surface area contributed by atoms with Crippen LogP contribution in [-0.2, 0) is 28.4 Å². The fourth-order valence-electron chi connectivity index (χ4n) is 2.08. The highest BCUT2D eigenvalue weighted by Crippen LogP contribution is 2.11. The Balaban J connectivity index is 2.00. The summed E-state index contributed by atoms with van der Waals surface area (Å²) < 4.78 is 27.2. The fraction of sp³-hybridized carbons (Fsp3) is 0.250. The maximum atomic E-state index is 12.1. The molecule has 7 nitrogen and oxygen atoms in total. The van der Waals surface area contributed by atoms with Gasteiger partial charge in [0.05, 0.1) is 11.1 Å². The molecule has 0 spiro atoms. The number of carbonyl (C=O) groups excluding carboxylic acids is 1. The number of rotatable bonds is 6. The smallest absolute Gasteiger partial charge is 0.246 e. The third-order valence-corrected chi connectivity index (χ3v) is 4.86. The fourth-order valence-corrected chi connectivity index (χ4v) is 2.81. The Hall–Kier alpha value is -2.45. The third-order valence-electron chi connectivity index (χ3n) is 3.43. The molecule has 128 valence electrons. The molecule has 1 amide bonds. The van der Waals surface area contributed by atoms with Gasteiger partial charge < -0.3 is 4.90 Å². The summed E-state index contributed by atoms with van der Waals surface area (Å²) in [6, 6.07) is 6.29. The molecule has 1 N–H and O–H groups in total. The second kappa shape index (κ2) is 7.41. The zero-order valence-electron chi connectivity index (χ0n) is 13.8. The van der Waals surface area contributed by atoms with Crippen LogP contribution in [0.2, 0.25) is 0 Å². The van der Waals surface area contributed by atoms with E-state index in [9.17, 15) is 13.2 Å². The van der Waals surface area contributed by atoms with Gasteiger partial charge in [-0.05, 0) is 30.8 Å². The van der Waals surface area contributed by atoms with E-state index >= 15 is 0 Å². The van der Waals surface area contributed by atoms with Gasteiger partial charge in [-0.15, -0.1) is 0 Å². The lowest BCUT2D eigenvalue weighted by atomic mass is 10.2. The first-order valence-electron chi connectivity index (χ1n) is 7.26. The van der Waals surface area contributed by atoms with Gasteiger partial charge >= 0.3 is 0 Å². The van der Waals surface area contributed by atoms with E-state index in [2.05, 4.69) is 9.82 Å². The molecule has 0 fully saturated rings. The second-order valence-electron chi connectivity index (χ2n) is 5.33. The molecular weight excluding hydrogens is 328 g/mol.